The van der Waals surface area contributed by atoms with Gasteiger partial charge in [0.05, 0.1) is 31.0 Å². The molecular weight excluding hydrogens is 406 g/mol. The molecule has 0 fully saturated rings. The van der Waals surface area contributed by atoms with Gasteiger partial charge >= 0.3 is 0 Å². The smallest absolute Gasteiger partial charge is 0.226 e. The first-order valence-electron chi connectivity index (χ1n) is 10.7. The zero-order valence-corrected chi connectivity index (χ0v) is 19.0. The van der Waals surface area contributed by atoms with Gasteiger partial charge in [0.25, 0.3) is 0 Å². The van der Waals surface area contributed by atoms with E-state index < -0.39 is 5.92 Å². The van der Waals surface area contributed by atoms with Gasteiger partial charge in [-0.15, -0.1) is 0 Å². The molecule has 1 amide bonds. The second-order valence-corrected chi connectivity index (χ2v) is 7.95. The van der Waals surface area contributed by atoms with Crippen molar-refractivity contribution in [1.29, 1.82) is 0 Å². The molecule has 4 rings (SSSR count). The van der Waals surface area contributed by atoms with Crippen LogP contribution in [0.1, 0.15) is 52.0 Å². The number of hydrogen-bond acceptors (Lipinski definition) is 5. The zero-order chi connectivity index (χ0) is 23.0. The first kappa shape index (κ1) is 21.6. The fraction of sp³-hybridized carbons (Fsp3) is 0.320. The van der Waals surface area contributed by atoms with Crippen molar-refractivity contribution in [2.45, 2.75) is 40.0 Å². The summed E-state index contributed by atoms with van der Waals surface area (Å²) in [6.07, 6.45) is 0.0701. The third kappa shape index (κ3) is 3.64. The van der Waals surface area contributed by atoms with E-state index in [-0.39, 0.29) is 18.1 Å². The number of anilines is 1. The van der Waals surface area contributed by atoms with Crippen LogP contribution in [-0.4, -0.2) is 35.2 Å². The van der Waals surface area contributed by atoms with Crippen LogP contribution in [0.5, 0.6) is 11.5 Å². The van der Waals surface area contributed by atoms with E-state index in [1.165, 1.54) is 7.11 Å². The molecule has 1 atom stereocenters. The van der Waals surface area contributed by atoms with Crippen LogP contribution >= 0.6 is 0 Å². The molecule has 7 nitrogen and oxygen atoms in total. The van der Waals surface area contributed by atoms with E-state index in [4.69, 9.17) is 14.6 Å². The summed E-state index contributed by atoms with van der Waals surface area (Å²) < 4.78 is 12.7. The van der Waals surface area contributed by atoms with Gasteiger partial charge in [-0.3, -0.25) is 9.59 Å². The molecule has 3 aromatic rings. The number of carbonyl (C=O) groups is 2. The third-order valence-corrected chi connectivity index (χ3v) is 5.97. The maximum absolute atomic E-state index is 13.6. The molecule has 0 unspecified atom stereocenters. The molecular formula is C25H27N3O4. The van der Waals surface area contributed by atoms with Crippen LogP contribution in [0.4, 0.5) is 5.82 Å². The van der Waals surface area contributed by atoms with Crippen molar-refractivity contribution in [2.75, 3.05) is 19.0 Å². The molecule has 0 radical (unpaired) electrons. The number of benzene rings is 2. The zero-order valence-electron chi connectivity index (χ0n) is 19.0. The largest absolute Gasteiger partial charge is 0.493 e. The topological polar surface area (TPSA) is 82.5 Å². The van der Waals surface area contributed by atoms with E-state index in [0.717, 1.165) is 28.1 Å². The number of aryl methyl sites for hydroxylation is 2. The highest BCUT2D eigenvalue weighted by atomic mass is 16.5. The van der Waals surface area contributed by atoms with E-state index in [2.05, 4.69) is 5.32 Å². The number of nitrogens with one attached hydrogen (secondary N) is 1. The van der Waals surface area contributed by atoms with Gasteiger partial charge in [-0.2, -0.15) is 5.10 Å². The molecule has 1 aromatic heterocycles. The van der Waals surface area contributed by atoms with E-state index >= 15 is 0 Å². The predicted octanol–water partition coefficient (Wildman–Crippen LogP) is 4.51. The molecule has 1 N–H and O–H groups in total. The summed E-state index contributed by atoms with van der Waals surface area (Å²) in [5.74, 6) is 0.642. The van der Waals surface area contributed by atoms with E-state index in [1.54, 1.807) is 22.9 Å². The summed E-state index contributed by atoms with van der Waals surface area (Å²) in [7, 11) is 1.54. The number of amides is 1. The van der Waals surface area contributed by atoms with Gasteiger partial charge in [-0.25, -0.2) is 4.68 Å². The number of ether oxygens (including phenoxy) is 2. The number of methoxy groups -OCH3 is 1. The fourth-order valence-electron chi connectivity index (χ4n) is 4.21. The van der Waals surface area contributed by atoms with Crippen LogP contribution in [0.15, 0.2) is 36.4 Å². The lowest BCUT2D eigenvalue weighted by Crippen LogP contribution is -2.28. The Morgan fingerprint density at radius 2 is 1.97 bits per heavy atom. The molecule has 2 heterocycles. The highest BCUT2D eigenvalue weighted by Crippen LogP contribution is 2.40. The molecule has 0 spiro atoms. The monoisotopic (exact) mass is 433 g/mol. The van der Waals surface area contributed by atoms with Crippen LogP contribution in [0, 0.1) is 20.8 Å². The van der Waals surface area contributed by atoms with Gasteiger partial charge in [-0.05, 0) is 63.1 Å². The lowest BCUT2D eigenvalue weighted by Gasteiger charge is -2.24. The number of Topliss-reactive ketones (excluding diaryl/α,β-unsaturated/α-hetero) is 1. The van der Waals surface area contributed by atoms with Gasteiger partial charge in [-0.1, -0.05) is 12.1 Å². The number of fused-ring (bicyclic) bond motifs is 1. The maximum Gasteiger partial charge on any atom is 0.226 e. The third-order valence-electron chi connectivity index (χ3n) is 5.97. The Kier molecular flexibility index (Phi) is 5.74. The molecule has 7 heteroatoms. The van der Waals surface area contributed by atoms with Crippen molar-refractivity contribution < 1.29 is 19.1 Å². The number of hydrogen-bond donors (Lipinski definition) is 1. The van der Waals surface area contributed by atoms with Gasteiger partial charge < -0.3 is 14.8 Å². The second-order valence-electron chi connectivity index (χ2n) is 7.95. The van der Waals surface area contributed by atoms with Crippen molar-refractivity contribution >= 4 is 17.5 Å². The summed E-state index contributed by atoms with van der Waals surface area (Å²) >= 11 is 0. The number of ketones is 1. The average molecular weight is 434 g/mol. The number of carbonyl (C=O) groups excluding carboxylic acids is 2. The van der Waals surface area contributed by atoms with Crippen molar-refractivity contribution in [3.05, 3.63) is 64.3 Å². The van der Waals surface area contributed by atoms with Crippen LogP contribution in [0.25, 0.3) is 5.69 Å². The molecule has 32 heavy (non-hydrogen) atoms. The van der Waals surface area contributed by atoms with Crippen molar-refractivity contribution in [3.63, 3.8) is 0 Å². The Morgan fingerprint density at radius 3 is 2.69 bits per heavy atom. The molecule has 166 valence electrons. The van der Waals surface area contributed by atoms with E-state index in [1.807, 2.05) is 45.9 Å². The lowest BCUT2D eigenvalue weighted by atomic mass is 9.85. The normalized spacial score (nSPS) is 15.2. The first-order valence-corrected chi connectivity index (χ1v) is 10.7. The Labute approximate surface area is 187 Å². The molecule has 0 aliphatic carbocycles. The van der Waals surface area contributed by atoms with Crippen LogP contribution in [-0.2, 0) is 4.79 Å². The van der Waals surface area contributed by atoms with Crippen LogP contribution in [0.3, 0.4) is 0 Å². The molecule has 2 aromatic carbocycles. The molecule has 0 saturated carbocycles. The Bertz CT molecular complexity index is 1210. The van der Waals surface area contributed by atoms with Gasteiger partial charge in [0, 0.05) is 17.5 Å². The summed E-state index contributed by atoms with van der Waals surface area (Å²) in [6, 6.07) is 11.1. The highest BCUT2D eigenvalue weighted by molar-refractivity contribution is 6.08. The van der Waals surface area contributed by atoms with Crippen molar-refractivity contribution in [1.82, 2.24) is 9.78 Å². The number of aromatic nitrogens is 2. The SMILES string of the molecule is CCOc1ccc(C(=O)[C@H]2CC(=O)Nc3c2c(C)nn3-c2cccc(C)c2C)cc1OC. The summed E-state index contributed by atoms with van der Waals surface area (Å²) in [5.41, 5.74) is 5.01. The lowest BCUT2D eigenvalue weighted by molar-refractivity contribution is -0.116. The average Bonchev–Trinajstić information content (AvgIpc) is 3.11. The Balaban J connectivity index is 1.79. The van der Waals surface area contributed by atoms with Crippen LogP contribution in [0.2, 0.25) is 0 Å². The van der Waals surface area contributed by atoms with E-state index in [0.29, 0.717) is 29.5 Å². The summed E-state index contributed by atoms with van der Waals surface area (Å²) in [5, 5.41) is 7.65. The standard InChI is InChI=1S/C25H27N3O4/c1-6-32-20-11-10-17(12-21(20)31-5)24(30)18-13-22(29)26-25-23(18)16(4)27-28(25)19-9-7-8-14(2)15(19)3/h7-12,18H,6,13H2,1-5H3,(H,26,29)/t18-/m0/s1. The van der Waals surface area contributed by atoms with Gasteiger partial charge in [0.1, 0.15) is 5.82 Å². The first-order chi connectivity index (χ1) is 15.3. The molecule has 1 aliphatic heterocycles. The summed E-state index contributed by atoms with van der Waals surface area (Å²) in [6.45, 7) is 8.31. The van der Waals surface area contributed by atoms with E-state index in [9.17, 15) is 9.59 Å². The number of nitrogens with zero attached hydrogens (tertiary/aromatic N) is 2. The number of rotatable bonds is 6. The van der Waals surface area contributed by atoms with Crippen molar-refractivity contribution in [3.8, 4) is 17.2 Å². The van der Waals surface area contributed by atoms with Crippen molar-refractivity contribution in [2.24, 2.45) is 0 Å². The minimum Gasteiger partial charge on any atom is -0.493 e. The highest BCUT2D eigenvalue weighted by Gasteiger charge is 2.36. The maximum atomic E-state index is 13.6. The minimum absolute atomic E-state index is 0.0701. The molecule has 1 aliphatic rings. The quantitative estimate of drug-likeness (QED) is 0.578. The van der Waals surface area contributed by atoms with Gasteiger partial charge in [0.2, 0.25) is 5.91 Å². The molecule has 0 bridgehead atoms. The molecule has 0 saturated heterocycles. The Hall–Kier alpha value is -3.61. The van der Waals surface area contributed by atoms with Gasteiger partial charge in [0.15, 0.2) is 17.3 Å². The predicted molar refractivity (Wildman–Crippen MR) is 122 cm³/mol. The second kappa shape index (κ2) is 8.49. The fourth-order valence-corrected chi connectivity index (χ4v) is 4.21. The Morgan fingerprint density at radius 1 is 1.19 bits per heavy atom. The van der Waals surface area contributed by atoms with Crippen LogP contribution < -0.4 is 14.8 Å². The summed E-state index contributed by atoms with van der Waals surface area (Å²) in [4.78, 5) is 26.2. The minimum atomic E-state index is -0.625.